The predicted molar refractivity (Wildman–Crippen MR) is 191 cm³/mol. The van der Waals surface area contributed by atoms with Crippen LogP contribution < -0.4 is 0 Å². The van der Waals surface area contributed by atoms with Crippen LogP contribution in [0.15, 0.2) is 0 Å². The second kappa shape index (κ2) is 30.6. The van der Waals surface area contributed by atoms with Gasteiger partial charge in [0, 0.05) is 12.8 Å². The Kier molecular flexibility index (Phi) is 28.5. The molecular formula is C39H74O9. The standard InChI is InChI=1S/C39H74O9/c1-4-6-8-10-12-14-16-17-19-20-22-24-26-28-34(40)45-30-33(31-46-39-38(44)37(43)36(42)32(3)47-39)48-35(41)29-27-25-23-21-18-15-13-11-9-7-5-2/h32-33,36-39,42-44H,4-31H2,1-3H3/t32-,33-,36+,37+,38-,39-/m1/s1. The van der Waals surface area contributed by atoms with E-state index in [0.717, 1.165) is 38.5 Å². The predicted octanol–water partition coefficient (Wildman–Crippen LogP) is 8.47. The molecular weight excluding hydrogens is 612 g/mol. The maximum Gasteiger partial charge on any atom is 0.306 e. The van der Waals surface area contributed by atoms with Crippen molar-refractivity contribution in [2.45, 2.75) is 225 Å². The molecule has 284 valence electrons. The van der Waals surface area contributed by atoms with Gasteiger partial charge in [-0.25, -0.2) is 0 Å². The van der Waals surface area contributed by atoms with Gasteiger partial charge >= 0.3 is 11.9 Å². The van der Waals surface area contributed by atoms with Crippen LogP contribution in [0.3, 0.4) is 0 Å². The van der Waals surface area contributed by atoms with Gasteiger partial charge in [-0.1, -0.05) is 155 Å². The van der Waals surface area contributed by atoms with E-state index in [4.69, 9.17) is 18.9 Å². The van der Waals surface area contributed by atoms with Crippen molar-refractivity contribution in [2.24, 2.45) is 0 Å². The van der Waals surface area contributed by atoms with E-state index in [9.17, 15) is 24.9 Å². The first-order valence-electron chi connectivity index (χ1n) is 20.0. The lowest BCUT2D eigenvalue weighted by molar-refractivity contribution is -0.297. The summed E-state index contributed by atoms with van der Waals surface area (Å²) in [5.41, 5.74) is 0. The maximum absolute atomic E-state index is 12.7. The number of unbranched alkanes of at least 4 members (excludes halogenated alkanes) is 22. The van der Waals surface area contributed by atoms with E-state index in [1.807, 2.05) is 0 Å². The molecule has 0 radical (unpaired) electrons. The molecule has 0 aliphatic carbocycles. The zero-order valence-electron chi connectivity index (χ0n) is 31.1. The molecule has 0 spiro atoms. The van der Waals surface area contributed by atoms with Crippen molar-refractivity contribution >= 4 is 11.9 Å². The molecule has 1 heterocycles. The number of carbonyl (C=O) groups excluding carboxylic acids is 2. The van der Waals surface area contributed by atoms with Gasteiger partial charge in [-0.3, -0.25) is 9.59 Å². The summed E-state index contributed by atoms with van der Waals surface area (Å²) in [6.07, 6.45) is 22.6. The van der Waals surface area contributed by atoms with Crippen molar-refractivity contribution in [3.05, 3.63) is 0 Å². The summed E-state index contributed by atoms with van der Waals surface area (Å²) in [4.78, 5) is 25.1. The van der Waals surface area contributed by atoms with Crippen molar-refractivity contribution in [2.75, 3.05) is 13.2 Å². The van der Waals surface area contributed by atoms with Gasteiger partial charge in [-0.05, 0) is 19.8 Å². The summed E-state index contributed by atoms with van der Waals surface area (Å²) in [5, 5.41) is 30.4. The average molecular weight is 687 g/mol. The van der Waals surface area contributed by atoms with Crippen molar-refractivity contribution in [1.82, 2.24) is 0 Å². The Labute approximate surface area is 293 Å². The summed E-state index contributed by atoms with van der Waals surface area (Å²) in [5.74, 6) is -0.730. The summed E-state index contributed by atoms with van der Waals surface area (Å²) in [6, 6.07) is 0. The van der Waals surface area contributed by atoms with Crippen LogP contribution in [0.5, 0.6) is 0 Å². The van der Waals surface area contributed by atoms with Gasteiger partial charge in [-0.2, -0.15) is 0 Å². The molecule has 0 aromatic heterocycles. The Morgan fingerprint density at radius 1 is 0.542 bits per heavy atom. The molecule has 0 aromatic carbocycles. The highest BCUT2D eigenvalue weighted by atomic mass is 16.7. The molecule has 6 atom stereocenters. The van der Waals surface area contributed by atoms with Gasteiger partial charge in [-0.15, -0.1) is 0 Å². The minimum absolute atomic E-state index is 0.162. The molecule has 1 fully saturated rings. The molecule has 0 aromatic rings. The first-order valence-corrected chi connectivity index (χ1v) is 20.0. The first kappa shape index (κ1) is 44.8. The van der Waals surface area contributed by atoms with Crippen molar-refractivity contribution in [1.29, 1.82) is 0 Å². The molecule has 9 nitrogen and oxygen atoms in total. The van der Waals surface area contributed by atoms with Crippen molar-refractivity contribution in [3.8, 4) is 0 Å². The number of hydrogen-bond acceptors (Lipinski definition) is 9. The number of aliphatic hydroxyl groups is 3. The normalized spacial score (nSPS) is 21.7. The van der Waals surface area contributed by atoms with E-state index < -0.39 is 36.8 Å². The SMILES string of the molecule is CCCCCCCCCCCCCCCC(=O)OC[C@H](CO[C@@H]1O[C@H](C)[C@H](O)[C@H](O)[C@H]1O)OC(=O)CCCCCCCCCCCCC. The third kappa shape index (κ3) is 23.2. The van der Waals surface area contributed by atoms with Crippen molar-refractivity contribution < 1.29 is 43.9 Å². The summed E-state index contributed by atoms with van der Waals surface area (Å²) in [6.45, 7) is 5.70. The number of esters is 2. The van der Waals surface area contributed by atoms with E-state index in [1.165, 1.54) is 116 Å². The first-order chi connectivity index (χ1) is 23.3. The highest BCUT2D eigenvalue weighted by Gasteiger charge is 2.42. The van der Waals surface area contributed by atoms with Crippen LogP contribution in [0, 0.1) is 0 Å². The molecule has 0 unspecified atom stereocenters. The number of hydrogen-bond donors (Lipinski definition) is 3. The number of aliphatic hydroxyl groups excluding tert-OH is 3. The fourth-order valence-electron chi connectivity index (χ4n) is 6.19. The molecule has 1 rings (SSSR count). The molecule has 0 bridgehead atoms. The van der Waals surface area contributed by atoms with E-state index in [2.05, 4.69) is 13.8 Å². The molecule has 1 aliphatic heterocycles. The van der Waals surface area contributed by atoms with E-state index >= 15 is 0 Å². The minimum Gasteiger partial charge on any atom is -0.462 e. The Morgan fingerprint density at radius 2 is 0.938 bits per heavy atom. The van der Waals surface area contributed by atoms with Gasteiger partial charge in [0.05, 0.1) is 12.7 Å². The quantitative estimate of drug-likeness (QED) is 0.0471. The molecule has 0 saturated carbocycles. The van der Waals surface area contributed by atoms with Gasteiger partial charge in [0.15, 0.2) is 12.4 Å². The second-order valence-corrected chi connectivity index (χ2v) is 14.1. The Morgan fingerprint density at radius 3 is 1.38 bits per heavy atom. The maximum atomic E-state index is 12.7. The fourth-order valence-corrected chi connectivity index (χ4v) is 6.19. The lowest BCUT2D eigenvalue weighted by Crippen LogP contribution is -2.57. The zero-order chi connectivity index (χ0) is 35.2. The highest BCUT2D eigenvalue weighted by Crippen LogP contribution is 2.22. The third-order valence-electron chi connectivity index (χ3n) is 9.45. The molecule has 1 saturated heterocycles. The lowest BCUT2D eigenvalue weighted by Gasteiger charge is -2.39. The van der Waals surface area contributed by atoms with Crippen LogP contribution in [-0.4, -0.2) is 77.3 Å². The fraction of sp³-hybridized carbons (Fsp3) is 0.949. The van der Waals surface area contributed by atoms with E-state index in [1.54, 1.807) is 6.92 Å². The molecule has 9 heteroatoms. The Bertz CT molecular complexity index is 764. The number of rotatable bonds is 32. The summed E-state index contributed by atoms with van der Waals surface area (Å²) < 4.78 is 22.3. The summed E-state index contributed by atoms with van der Waals surface area (Å²) >= 11 is 0. The second-order valence-electron chi connectivity index (χ2n) is 14.1. The van der Waals surface area contributed by atoms with Crippen LogP contribution in [0.2, 0.25) is 0 Å². The topological polar surface area (TPSA) is 132 Å². The van der Waals surface area contributed by atoms with Crippen LogP contribution in [0.4, 0.5) is 0 Å². The van der Waals surface area contributed by atoms with Gasteiger partial charge < -0.3 is 34.3 Å². The van der Waals surface area contributed by atoms with Gasteiger partial charge in [0.25, 0.3) is 0 Å². The molecule has 3 N–H and O–H groups in total. The highest BCUT2D eigenvalue weighted by molar-refractivity contribution is 5.70. The van der Waals surface area contributed by atoms with E-state index in [-0.39, 0.29) is 31.6 Å². The van der Waals surface area contributed by atoms with Crippen LogP contribution >= 0.6 is 0 Å². The molecule has 0 amide bonds. The monoisotopic (exact) mass is 687 g/mol. The number of ether oxygens (including phenoxy) is 4. The van der Waals surface area contributed by atoms with Crippen LogP contribution in [-0.2, 0) is 28.5 Å². The zero-order valence-corrected chi connectivity index (χ0v) is 31.1. The van der Waals surface area contributed by atoms with Gasteiger partial charge in [0.1, 0.15) is 24.9 Å². The van der Waals surface area contributed by atoms with Crippen molar-refractivity contribution in [3.63, 3.8) is 0 Å². The van der Waals surface area contributed by atoms with Crippen LogP contribution in [0.1, 0.15) is 188 Å². The smallest absolute Gasteiger partial charge is 0.306 e. The number of carbonyl (C=O) groups is 2. The average Bonchev–Trinajstić information content (AvgIpc) is 3.07. The Hall–Kier alpha value is -1.26. The van der Waals surface area contributed by atoms with Crippen LogP contribution in [0.25, 0.3) is 0 Å². The minimum atomic E-state index is -1.47. The third-order valence-corrected chi connectivity index (χ3v) is 9.45. The lowest BCUT2D eigenvalue weighted by atomic mass is 10.0. The van der Waals surface area contributed by atoms with Gasteiger partial charge in [0.2, 0.25) is 0 Å². The Balaban J connectivity index is 2.33. The molecule has 48 heavy (non-hydrogen) atoms. The molecule has 1 aliphatic rings. The summed E-state index contributed by atoms with van der Waals surface area (Å²) in [7, 11) is 0. The van der Waals surface area contributed by atoms with E-state index in [0.29, 0.717) is 6.42 Å². The largest absolute Gasteiger partial charge is 0.462 e.